The standard InChI is InChI=1S/C27H36BrNO4/c1-5-9-13-20(6-2)19-33-26(30)23-17-16-22(28)18-24(23)25(21-14-11-10-12-15-21)29(7-3)27(31)32-8-4/h10-12,14-18,20,25H,5-9,13,19H2,1-4H3. The minimum atomic E-state index is -0.489. The molecule has 0 aliphatic heterocycles. The summed E-state index contributed by atoms with van der Waals surface area (Å²) in [7, 11) is 0. The average Bonchev–Trinajstić information content (AvgIpc) is 2.83. The van der Waals surface area contributed by atoms with Crippen LogP contribution in [-0.2, 0) is 9.47 Å². The Labute approximate surface area is 206 Å². The SMILES string of the molecule is CCCCC(CC)COC(=O)c1ccc(Br)cc1C(c1ccccc1)N(CC)C(=O)OCC. The van der Waals surface area contributed by atoms with Gasteiger partial charge in [-0.15, -0.1) is 0 Å². The van der Waals surface area contributed by atoms with Crippen molar-refractivity contribution in [1.82, 2.24) is 4.90 Å². The number of nitrogens with zero attached hydrogens (tertiary/aromatic N) is 1. The minimum Gasteiger partial charge on any atom is -0.462 e. The van der Waals surface area contributed by atoms with Crippen molar-refractivity contribution in [1.29, 1.82) is 0 Å². The average molecular weight is 518 g/mol. The second kappa shape index (κ2) is 14.0. The van der Waals surface area contributed by atoms with Crippen molar-refractivity contribution in [2.45, 2.75) is 59.4 Å². The van der Waals surface area contributed by atoms with Gasteiger partial charge in [0.25, 0.3) is 0 Å². The molecule has 0 saturated carbocycles. The zero-order chi connectivity index (χ0) is 24.2. The smallest absolute Gasteiger partial charge is 0.410 e. The lowest BCUT2D eigenvalue weighted by Crippen LogP contribution is -2.36. The van der Waals surface area contributed by atoms with E-state index in [0.29, 0.717) is 30.2 Å². The van der Waals surface area contributed by atoms with E-state index in [1.54, 1.807) is 17.9 Å². The van der Waals surface area contributed by atoms with Crippen molar-refractivity contribution in [3.63, 3.8) is 0 Å². The number of esters is 1. The molecule has 0 aromatic heterocycles. The molecule has 2 atom stereocenters. The van der Waals surface area contributed by atoms with Crippen LogP contribution in [0.5, 0.6) is 0 Å². The molecule has 2 aromatic carbocycles. The first kappa shape index (κ1) is 26.9. The van der Waals surface area contributed by atoms with Crippen LogP contribution in [0.3, 0.4) is 0 Å². The van der Waals surface area contributed by atoms with E-state index in [0.717, 1.165) is 35.7 Å². The Bertz CT molecular complexity index is 887. The molecule has 2 rings (SSSR count). The first-order chi connectivity index (χ1) is 16.0. The summed E-state index contributed by atoms with van der Waals surface area (Å²) in [5, 5.41) is 0. The number of unbranched alkanes of at least 4 members (excludes halogenated alkanes) is 1. The molecule has 180 valence electrons. The highest BCUT2D eigenvalue weighted by molar-refractivity contribution is 9.10. The number of hydrogen-bond donors (Lipinski definition) is 0. The van der Waals surface area contributed by atoms with Crippen LogP contribution in [0, 0.1) is 5.92 Å². The number of ether oxygens (including phenoxy) is 2. The predicted octanol–water partition coefficient (Wildman–Crippen LogP) is 7.39. The maximum atomic E-state index is 13.2. The summed E-state index contributed by atoms with van der Waals surface area (Å²) in [6.07, 6.45) is 3.85. The highest BCUT2D eigenvalue weighted by Crippen LogP contribution is 2.34. The minimum absolute atomic E-state index is 0.278. The third-order valence-corrected chi connectivity index (χ3v) is 6.28. The van der Waals surface area contributed by atoms with Gasteiger partial charge in [-0.1, -0.05) is 79.4 Å². The second-order valence-corrected chi connectivity index (χ2v) is 8.96. The molecular weight excluding hydrogens is 482 g/mol. The van der Waals surface area contributed by atoms with Crippen molar-refractivity contribution >= 4 is 28.0 Å². The van der Waals surface area contributed by atoms with Crippen molar-refractivity contribution in [3.8, 4) is 0 Å². The van der Waals surface area contributed by atoms with Crippen LogP contribution in [0.4, 0.5) is 4.79 Å². The van der Waals surface area contributed by atoms with E-state index >= 15 is 0 Å². The molecule has 0 saturated heterocycles. The summed E-state index contributed by atoms with van der Waals surface area (Å²) in [6, 6.07) is 14.7. The molecule has 0 heterocycles. The molecule has 0 spiro atoms. The van der Waals surface area contributed by atoms with Crippen LogP contribution in [0.1, 0.15) is 80.9 Å². The molecule has 0 N–H and O–H groups in total. The number of rotatable bonds is 12. The van der Waals surface area contributed by atoms with Gasteiger partial charge in [-0.2, -0.15) is 0 Å². The predicted molar refractivity (Wildman–Crippen MR) is 135 cm³/mol. The van der Waals surface area contributed by atoms with E-state index in [-0.39, 0.29) is 12.6 Å². The number of carbonyl (C=O) groups excluding carboxylic acids is 2. The third kappa shape index (κ3) is 7.60. The van der Waals surface area contributed by atoms with Gasteiger partial charge in [-0.3, -0.25) is 4.90 Å². The lowest BCUT2D eigenvalue weighted by Gasteiger charge is -2.32. The summed E-state index contributed by atoms with van der Waals surface area (Å²) in [5.74, 6) is -0.0160. The molecule has 33 heavy (non-hydrogen) atoms. The molecule has 0 radical (unpaired) electrons. The molecule has 2 unspecified atom stereocenters. The first-order valence-corrected chi connectivity index (χ1v) is 12.7. The van der Waals surface area contributed by atoms with E-state index < -0.39 is 12.1 Å². The Morgan fingerprint density at radius 3 is 2.33 bits per heavy atom. The fraction of sp³-hybridized carbons (Fsp3) is 0.481. The Balaban J connectivity index is 2.46. The zero-order valence-electron chi connectivity index (χ0n) is 20.2. The van der Waals surface area contributed by atoms with E-state index in [4.69, 9.17) is 9.47 Å². The summed E-state index contributed by atoms with van der Waals surface area (Å²) in [5.41, 5.74) is 2.06. The zero-order valence-corrected chi connectivity index (χ0v) is 21.8. The number of benzene rings is 2. The molecule has 0 aliphatic carbocycles. The molecule has 0 fully saturated rings. The molecule has 2 aromatic rings. The van der Waals surface area contributed by atoms with Gasteiger partial charge >= 0.3 is 12.1 Å². The van der Waals surface area contributed by atoms with Crippen molar-refractivity contribution in [2.75, 3.05) is 19.8 Å². The fourth-order valence-electron chi connectivity index (χ4n) is 3.90. The topological polar surface area (TPSA) is 55.8 Å². The van der Waals surface area contributed by atoms with Crippen LogP contribution in [0.15, 0.2) is 53.0 Å². The Kier molecular flexibility index (Phi) is 11.4. The van der Waals surface area contributed by atoms with Crippen molar-refractivity contribution in [3.05, 3.63) is 69.7 Å². The van der Waals surface area contributed by atoms with Gasteiger partial charge in [0.1, 0.15) is 0 Å². The molecule has 0 aliphatic rings. The van der Waals surface area contributed by atoms with Crippen LogP contribution in [-0.4, -0.2) is 36.7 Å². The van der Waals surface area contributed by atoms with Gasteiger partial charge in [0, 0.05) is 11.0 Å². The quantitative estimate of drug-likeness (QED) is 0.275. The van der Waals surface area contributed by atoms with E-state index in [2.05, 4.69) is 29.8 Å². The highest BCUT2D eigenvalue weighted by atomic mass is 79.9. The molecule has 6 heteroatoms. The third-order valence-electron chi connectivity index (χ3n) is 5.79. The largest absolute Gasteiger partial charge is 0.462 e. The van der Waals surface area contributed by atoms with Crippen molar-refractivity contribution < 1.29 is 19.1 Å². The fourth-order valence-corrected chi connectivity index (χ4v) is 4.28. The second-order valence-electron chi connectivity index (χ2n) is 8.04. The highest BCUT2D eigenvalue weighted by Gasteiger charge is 2.30. The van der Waals surface area contributed by atoms with Crippen LogP contribution >= 0.6 is 15.9 Å². The van der Waals surface area contributed by atoms with Gasteiger partial charge in [-0.05, 0) is 55.5 Å². The summed E-state index contributed by atoms with van der Waals surface area (Å²) in [4.78, 5) is 27.7. The number of halogens is 1. The molecular formula is C27H36BrNO4. The normalized spacial score (nSPS) is 12.6. The summed E-state index contributed by atoms with van der Waals surface area (Å²) in [6.45, 7) is 9.09. The maximum Gasteiger partial charge on any atom is 0.410 e. The van der Waals surface area contributed by atoms with Crippen LogP contribution < -0.4 is 0 Å². The Morgan fingerprint density at radius 2 is 1.73 bits per heavy atom. The lowest BCUT2D eigenvalue weighted by molar-refractivity contribution is 0.0423. The number of carbonyl (C=O) groups is 2. The maximum absolute atomic E-state index is 13.2. The summed E-state index contributed by atoms with van der Waals surface area (Å²) < 4.78 is 11.9. The van der Waals surface area contributed by atoms with Gasteiger partial charge in [0.2, 0.25) is 0 Å². The Morgan fingerprint density at radius 1 is 1.00 bits per heavy atom. The van der Waals surface area contributed by atoms with Crippen LogP contribution in [0.25, 0.3) is 0 Å². The molecule has 0 bridgehead atoms. The van der Waals surface area contributed by atoms with Crippen molar-refractivity contribution in [2.24, 2.45) is 5.92 Å². The number of amides is 1. The van der Waals surface area contributed by atoms with E-state index in [1.165, 1.54) is 0 Å². The van der Waals surface area contributed by atoms with E-state index in [9.17, 15) is 9.59 Å². The van der Waals surface area contributed by atoms with Crippen LogP contribution in [0.2, 0.25) is 0 Å². The van der Waals surface area contributed by atoms with Gasteiger partial charge < -0.3 is 9.47 Å². The van der Waals surface area contributed by atoms with E-state index in [1.807, 2.05) is 49.4 Å². The van der Waals surface area contributed by atoms with Gasteiger partial charge in [-0.25, -0.2) is 9.59 Å². The molecule has 1 amide bonds. The first-order valence-electron chi connectivity index (χ1n) is 11.9. The Hall–Kier alpha value is -2.34. The lowest BCUT2D eigenvalue weighted by atomic mass is 9.93. The monoisotopic (exact) mass is 517 g/mol. The summed E-state index contributed by atoms with van der Waals surface area (Å²) >= 11 is 3.54. The van der Waals surface area contributed by atoms with Gasteiger partial charge in [0.15, 0.2) is 0 Å². The molecule has 5 nitrogen and oxygen atoms in total. The number of hydrogen-bond acceptors (Lipinski definition) is 4. The van der Waals surface area contributed by atoms with Gasteiger partial charge in [0.05, 0.1) is 24.8 Å².